The van der Waals surface area contributed by atoms with Crippen LogP contribution in [0.1, 0.15) is 19.8 Å². The van der Waals surface area contributed by atoms with E-state index in [1.54, 1.807) is 13.0 Å². The number of benzene rings is 1. The van der Waals surface area contributed by atoms with E-state index in [9.17, 15) is 18.5 Å². The number of hydrogen-bond acceptors (Lipinski definition) is 6. The lowest BCUT2D eigenvalue weighted by Crippen LogP contribution is -2.34. The summed E-state index contributed by atoms with van der Waals surface area (Å²) in [7, 11) is -3.03. The molecule has 7 nitrogen and oxygen atoms in total. The molecule has 1 aromatic rings. The van der Waals surface area contributed by atoms with Gasteiger partial charge >= 0.3 is 0 Å². The van der Waals surface area contributed by atoms with Crippen molar-refractivity contribution in [3.05, 3.63) is 28.3 Å². The Balaban J connectivity index is 2.20. The van der Waals surface area contributed by atoms with Crippen LogP contribution in [0.2, 0.25) is 0 Å². The Morgan fingerprint density at radius 2 is 2.19 bits per heavy atom. The second kappa shape index (κ2) is 6.30. The summed E-state index contributed by atoms with van der Waals surface area (Å²) in [5, 5.41) is 14.0. The van der Waals surface area contributed by atoms with E-state index in [1.165, 1.54) is 12.1 Å². The summed E-state index contributed by atoms with van der Waals surface area (Å²) in [6, 6.07) is 4.17. The smallest absolute Gasteiger partial charge is 0.275 e. The van der Waals surface area contributed by atoms with E-state index in [4.69, 9.17) is 4.74 Å². The Morgan fingerprint density at radius 1 is 1.43 bits per heavy atom. The molecule has 1 aliphatic heterocycles. The molecule has 1 fully saturated rings. The number of sulfone groups is 1. The van der Waals surface area contributed by atoms with Crippen LogP contribution in [0, 0.1) is 10.1 Å². The van der Waals surface area contributed by atoms with Crippen LogP contribution in [0.5, 0.6) is 5.75 Å². The summed E-state index contributed by atoms with van der Waals surface area (Å²) >= 11 is 0. The second-order valence-corrected chi connectivity index (χ2v) is 7.23. The molecule has 1 N–H and O–H groups in total. The number of nitrogens with one attached hydrogen (secondary N) is 1. The van der Waals surface area contributed by atoms with E-state index in [0.29, 0.717) is 24.5 Å². The van der Waals surface area contributed by atoms with Crippen LogP contribution in [0.25, 0.3) is 0 Å². The third-order valence-corrected chi connectivity index (χ3v) is 5.07. The molecule has 1 atom stereocenters. The first kappa shape index (κ1) is 15.6. The number of ether oxygens (including phenoxy) is 1. The van der Waals surface area contributed by atoms with Crippen LogP contribution in [0.15, 0.2) is 18.2 Å². The molecule has 1 aliphatic rings. The topological polar surface area (TPSA) is 98.5 Å². The monoisotopic (exact) mass is 314 g/mol. The van der Waals surface area contributed by atoms with Gasteiger partial charge in [0.25, 0.3) is 5.69 Å². The van der Waals surface area contributed by atoms with E-state index in [2.05, 4.69) is 5.32 Å². The van der Waals surface area contributed by atoms with E-state index in [1.807, 2.05) is 0 Å². The van der Waals surface area contributed by atoms with Crippen LogP contribution in [-0.4, -0.2) is 37.5 Å². The van der Waals surface area contributed by atoms with Crippen molar-refractivity contribution in [1.29, 1.82) is 0 Å². The molecule has 0 bridgehead atoms. The van der Waals surface area contributed by atoms with Crippen LogP contribution in [0.3, 0.4) is 0 Å². The molecule has 0 aliphatic carbocycles. The minimum Gasteiger partial charge on any atom is -0.494 e. The van der Waals surface area contributed by atoms with Crippen LogP contribution >= 0.6 is 0 Å². The summed E-state index contributed by atoms with van der Waals surface area (Å²) in [5.74, 6) is 0.664. The third kappa shape index (κ3) is 4.32. The molecule has 0 saturated carbocycles. The van der Waals surface area contributed by atoms with Gasteiger partial charge in [0, 0.05) is 23.9 Å². The first-order chi connectivity index (χ1) is 9.89. The van der Waals surface area contributed by atoms with Gasteiger partial charge in [0.05, 0.1) is 29.1 Å². The Labute approximate surface area is 123 Å². The van der Waals surface area contributed by atoms with Gasteiger partial charge in [-0.05, 0) is 19.8 Å². The van der Waals surface area contributed by atoms with Crippen molar-refractivity contribution >= 4 is 21.2 Å². The number of nitro groups is 1. The van der Waals surface area contributed by atoms with Crippen molar-refractivity contribution in [3.63, 3.8) is 0 Å². The summed E-state index contributed by atoms with van der Waals surface area (Å²) < 4.78 is 28.6. The number of hydrogen-bond donors (Lipinski definition) is 1. The van der Waals surface area contributed by atoms with Gasteiger partial charge in [0.1, 0.15) is 5.75 Å². The standard InChI is InChI=1S/C13H18N2O5S/c1-2-20-13-7-11(6-12(8-13)15(16)17)14-10-4-3-5-21(18,19)9-10/h6-8,10,14H,2-5,9H2,1H3. The first-order valence-electron chi connectivity index (χ1n) is 6.79. The molecule has 1 unspecified atom stereocenters. The Kier molecular flexibility index (Phi) is 4.66. The maximum Gasteiger partial charge on any atom is 0.275 e. The second-order valence-electron chi connectivity index (χ2n) is 5.00. The lowest BCUT2D eigenvalue weighted by atomic mass is 10.1. The van der Waals surface area contributed by atoms with Gasteiger partial charge in [-0.15, -0.1) is 0 Å². The predicted octanol–water partition coefficient (Wildman–Crippen LogP) is 1.98. The Morgan fingerprint density at radius 3 is 2.81 bits per heavy atom. The van der Waals surface area contributed by atoms with Crippen LogP contribution < -0.4 is 10.1 Å². The number of nitrogens with zero attached hydrogens (tertiary/aromatic N) is 1. The summed E-state index contributed by atoms with van der Waals surface area (Å²) in [4.78, 5) is 10.4. The van der Waals surface area contributed by atoms with E-state index < -0.39 is 14.8 Å². The van der Waals surface area contributed by atoms with Gasteiger partial charge in [0.15, 0.2) is 9.84 Å². The largest absolute Gasteiger partial charge is 0.494 e. The number of anilines is 1. The molecule has 0 amide bonds. The van der Waals surface area contributed by atoms with Gasteiger partial charge < -0.3 is 10.1 Å². The van der Waals surface area contributed by atoms with Gasteiger partial charge in [-0.2, -0.15) is 0 Å². The molecular formula is C13H18N2O5S. The first-order valence-corrected chi connectivity index (χ1v) is 8.61. The normalized spacial score (nSPS) is 20.7. The number of nitro benzene ring substituents is 1. The van der Waals surface area contributed by atoms with Crippen molar-refractivity contribution < 1.29 is 18.1 Å². The van der Waals surface area contributed by atoms with Gasteiger partial charge in [0.2, 0.25) is 0 Å². The van der Waals surface area contributed by atoms with Gasteiger partial charge in [-0.3, -0.25) is 10.1 Å². The van der Waals surface area contributed by atoms with Crippen LogP contribution in [0.4, 0.5) is 11.4 Å². The Bertz CT molecular complexity index is 629. The molecule has 0 radical (unpaired) electrons. The van der Waals surface area contributed by atoms with Gasteiger partial charge in [-0.1, -0.05) is 0 Å². The van der Waals surface area contributed by atoms with Crippen molar-refractivity contribution in [1.82, 2.24) is 0 Å². The molecule has 0 spiro atoms. The minimum atomic E-state index is -3.03. The van der Waals surface area contributed by atoms with E-state index in [-0.39, 0.29) is 23.2 Å². The SMILES string of the molecule is CCOc1cc(NC2CCCS(=O)(=O)C2)cc([N+](=O)[O-])c1. The Hall–Kier alpha value is -1.83. The maximum absolute atomic E-state index is 11.6. The minimum absolute atomic E-state index is 0.0552. The van der Waals surface area contributed by atoms with Crippen molar-refractivity contribution in [2.45, 2.75) is 25.8 Å². The van der Waals surface area contributed by atoms with Crippen molar-refractivity contribution in [3.8, 4) is 5.75 Å². The lowest BCUT2D eigenvalue weighted by Gasteiger charge is -2.24. The zero-order chi connectivity index (χ0) is 15.5. The van der Waals surface area contributed by atoms with Gasteiger partial charge in [-0.25, -0.2) is 8.42 Å². The highest BCUT2D eigenvalue weighted by Gasteiger charge is 2.25. The fourth-order valence-corrected chi connectivity index (χ4v) is 4.03. The lowest BCUT2D eigenvalue weighted by molar-refractivity contribution is -0.384. The fourth-order valence-electron chi connectivity index (χ4n) is 2.39. The highest BCUT2D eigenvalue weighted by Crippen LogP contribution is 2.27. The highest BCUT2D eigenvalue weighted by atomic mass is 32.2. The summed E-state index contributed by atoms with van der Waals surface area (Å²) in [6.45, 7) is 2.19. The summed E-state index contributed by atoms with van der Waals surface area (Å²) in [5.41, 5.74) is 0.428. The third-order valence-electron chi connectivity index (χ3n) is 3.25. The molecule has 1 heterocycles. The molecule has 0 aromatic heterocycles. The number of non-ortho nitro benzene ring substituents is 1. The average Bonchev–Trinajstić information content (AvgIpc) is 2.37. The molecule has 1 aromatic carbocycles. The predicted molar refractivity (Wildman–Crippen MR) is 79.6 cm³/mol. The summed E-state index contributed by atoms with van der Waals surface area (Å²) in [6.07, 6.45) is 1.33. The molecular weight excluding hydrogens is 296 g/mol. The van der Waals surface area contributed by atoms with Crippen molar-refractivity contribution in [2.24, 2.45) is 0 Å². The van der Waals surface area contributed by atoms with Crippen LogP contribution in [-0.2, 0) is 9.84 Å². The number of rotatable bonds is 5. The molecule has 1 saturated heterocycles. The van der Waals surface area contributed by atoms with E-state index >= 15 is 0 Å². The maximum atomic E-state index is 11.6. The zero-order valence-electron chi connectivity index (χ0n) is 11.7. The fraction of sp³-hybridized carbons (Fsp3) is 0.538. The zero-order valence-corrected chi connectivity index (χ0v) is 12.6. The van der Waals surface area contributed by atoms with Crippen molar-refractivity contribution in [2.75, 3.05) is 23.4 Å². The quantitative estimate of drug-likeness (QED) is 0.659. The molecule has 21 heavy (non-hydrogen) atoms. The molecule has 8 heteroatoms. The molecule has 116 valence electrons. The average molecular weight is 314 g/mol. The molecule has 2 rings (SSSR count). The van der Waals surface area contributed by atoms with E-state index in [0.717, 1.165) is 6.42 Å². The highest BCUT2D eigenvalue weighted by molar-refractivity contribution is 7.91.